The van der Waals surface area contributed by atoms with Crippen LogP contribution in [0.25, 0.3) is 33.2 Å². The number of ketones is 1. The zero-order valence-electron chi connectivity index (χ0n) is 19.1. The highest BCUT2D eigenvalue weighted by molar-refractivity contribution is 6.21. The van der Waals surface area contributed by atoms with Crippen LogP contribution in [-0.4, -0.2) is 5.78 Å². The molecule has 162 valence electrons. The maximum atomic E-state index is 13.9. The molecule has 0 aliphatic rings. The highest BCUT2D eigenvalue weighted by atomic mass is 16.3. The van der Waals surface area contributed by atoms with Gasteiger partial charge in [0.15, 0.2) is 5.78 Å². The molecule has 33 heavy (non-hydrogen) atoms. The van der Waals surface area contributed by atoms with E-state index in [1.165, 1.54) is 0 Å². The first-order chi connectivity index (χ1) is 15.9. The van der Waals surface area contributed by atoms with E-state index < -0.39 is 0 Å². The van der Waals surface area contributed by atoms with E-state index in [-0.39, 0.29) is 11.2 Å². The lowest BCUT2D eigenvalue weighted by Gasteiger charge is -2.20. The Morgan fingerprint density at radius 1 is 0.697 bits per heavy atom. The van der Waals surface area contributed by atoms with Gasteiger partial charge in [-0.15, -0.1) is 0 Å². The molecule has 0 saturated heterocycles. The molecule has 2 nitrogen and oxygen atoms in total. The van der Waals surface area contributed by atoms with E-state index in [0.717, 1.165) is 33.2 Å². The monoisotopic (exact) mass is 430 g/mol. The van der Waals surface area contributed by atoms with Crippen LogP contribution in [0.3, 0.4) is 0 Å². The Kier molecular flexibility index (Phi) is 5.22. The molecule has 0 unspecified atom stereocenters. The summed E-state index contributed by atoms with van der Waals surface area (Å²) in [5.41, 5.74) is 6.91. The predicted octanol–water partition coefficient (Wildman–Crippen LogP) is 8.30. The number of fused-ring (bicyclic) bond motifs is 1. The molecule has 0 N–H and O–H groups in total. The minimum Gasteiger partial charge on any atom is -0.463 e. The third-order valence-electron chi connectivity index (χ3n) is 6.09. The van der Waals surface area contributed by atoms with E-state index in [1.54, 1.807) is 0 Å². The van der Waals surface area contributed by atoms with Gasteiger partial charge in [0.05, 0.1) is 11.8 Å². The molecular formula is C31H26O2. The molecule has 0 amide bonds. The van der Waals surface area contributed by atoms with Crippen molar-refractivity contribution >= 4 is 16.8 Å². The fourth-order valence-corrected chi connectivity index (χ4v) is 4.42. The fourth-order valence-electron chi connectivity index (χ4n) is 4.42. The number of hydrogen-bond acceptors (Lipinski definition) is 2. The molecule has 0 saturated carbocycles. The lowest BCUT2D eigenvalue weighted by atomic mass is 9.81. The van der Waals surface area contributed by atoms with E-state index in [9.17, 15) is 4.79 Å². The SMILES string of the molecule is CC(C)(C)c1coc2c(C(=O)c3ccccc3)c(-c3ccccc3)cc(-c3ccccc3)c12. The zero-order chi connectivity index (χ0) is 23.0. The van der Waals surface area contributed by atoms with Crippen LogP contribution in [0.1, 0.15) is 42.3 Å². The molecule has 2 heteroatoms. The van der Waals surface area contributed by atoms with E-state index >= 15 is 0 Å². The Hall–Kier alpha value is -3.91. The van der Waals surface area contributed by atoms with Crippen molar-refractivity contribution in [3.63, 3.8) is 0 Å². The summed E-state index contributed by atoms with van der Waals surface area (Å²) in [5.74, 6) is -0.0335. The van der Waals surface area contributed by atoms with Gasteiger partial charge in [0.1, 0.15) is 5.58 Å². The molecule has 0 atom stereocenters. The molecular weight excluding hydrogens is 404 g/mol. The molecule has 4 aromatic carbocycles. The normalized spacial score (nSPS) is 11.6. The van der Waals surface area contributed by atoms with Gasteiger partial charge in [0.2, 0.25) is 0 Å². The van der Waals surface area contributed by atoms with Crippen LogP contribution in [0.2, 0.25) is 0 Å². The first-order valence-corrected chi connectivity index (χ1v) is 11.2. The lowest BCUT2D eigenvalue weighted by Crippen LogP contribution is -2.11. The number of carbonyl (C=O) groups is 1. The van der Waals surface area contributed by atoms with E-state index in [0.29, 0.717) is 16.7 Å². The molecule has 0 aliphatic carbocycles. The van der Waals surface area contributed by atoms with Crippen LogP contribution in [0.15, 0.2) is 108 Å². The van der Waals surface area contributed by atoms with Gasteiger partial charge in [-0.2, -0.15) is 0 Å². The molecule has 0 aliphatic heterocycles. The molecule has 1 aromatic heterocycles. The first-order valence-electron chi connectivity index (χ1n) is 11.2. The summed E-state index contributed by atoms with van der Waals surface area (Å²) in [5, 5.41) is 1.01. The van der Waals surface area contributed by atoms with Crippen LogP contribution in [-0.2, 0) is 5.41 Å². The van der Waals surface area contributed by atoms with Crippen molar-refractivity contribution in [2.75, 3.05) is 0 Å². The number of hydrogen-bond donors (Lipinski definition) is 0. The summed E-state index contributed by atoms with van der Waals surface area (Å²) in [6, 6.07) is 32.0. The molecule has 5 aromatic rings. The summed E-state index contributed by atoms with van der Waals surface area (Å²) >= 11 is 0. The van der Waals surface area contributed by atoms with E-state index in [4.69, 9.17) is 4.42 Å². The Balaban J connectivity index is 1.93. The highest BCUT2D eigenvalue weighted by Crippen LogP contribution is 2.44. The van der Waals surface area contributed by atoms with Crippen LogP contribution in [0.5, 0.6) is 0 Å². The fraction of sp³-hybridized carbons (Fsp3) is 0.129. The van der Waals surface area contributed by atoms with E-state index in [1.807, 2.05) is 85.1 Å². The van der Waals surface area contributed by atoms with Crippen LogP contribution in [0, 0.1) is 0 Å². The number of carbonyl (C=O) groups excluding carboxylic acids is 1. The third kappa shape index (κ3) is 3.78. The second-order valence-electron chi connectivity index (χ2n) is 9.38. The average molecular weight is 431 g/mol. The standard InChI is InChI=1S/C31H26O2/c1-31(2,3)26-20-33-30-27(26)24(21-13-7-4-8-14-21)19-25(22-15-9-5-10-16-22)28(30)29(32)23-17-11-6-12-18-23/h4-20H,1-3H3. The van der Waals surface area contributed by atoms with Gasteiger partial charge < -0.3 is 4.42 Å². The van der Waals surface area contributed by atoms with E-state index in [2.05, 4.69) is 39.0 Å². The third-order valence-corrected chi connectivity index (χ3v) is 6.09. The van der Waals surface area contributed by atoms with Gasteiger partial charge in [-0.25, -0.2) is 0 Å². The Bertz CT molecular complexity index is 1420. The predicted molar refractivity (Wildman–Crippen MR) is 136 cm³/mol. The Morgan fingerprint density at radius 2 is 1.21 bits per heavy atom. The Morgan fingerprint density at radius 3 is 1.76 bits per heavy atom. The van der Waals surface area contributed by atoms with Crippen LogP contribution < -0.4 is 0 Å². The van der Waals surface area contributed by atoms with Crippen molar-refractivity contribution in [3.8, 4) is 22.3 Å². The van der Waals surface area contributed by atoms with Gasteiger partial charge in [0.25, 0.3) is 0 Å². The highest BCUT2D eigenvalue weighted by Gasteiger charge is 2.28. The largest absolute Gasteiger partial charge is 0.463 e. The van der Waals surface area contributed by atoms with Crippen LogP contribution >= 0.6 is 0 Å². The van der Waals surface area contributed by atoms with Crippen molar-refractivity contribution in [1.82, 2.24) is 0 Å². The van der Waals surface area contributed by atoms with Gasteiger partial charge in [-0.05, 0) is 33.7 Å². The summed E-state index contributed by atoms with van der Waals surface area (Å²) in [7, 11) is 0. The second-order valence-corrected chi connectivity index (χ2v) is 9.38. The van der Waals surface area contributed by atoms with Crippen molar-refractivity contribution in [3.05, 3.63) is 120 Å². The smallest absolute Gasteiger partial charge is 0.197 e. The number of rotatable bonds is 4. The molecule has 1 heterocycles. The second kappa shape index (κ2) is 8.22. The molecule has 0 spiro atoms. The number of furan rings is 1. The lowest BCUT2D eigenvalue weighted by molar-refractivity contribution is 0.104. The summed E-state index contributed by atoms with van der Waals surface area (Å²) in [6.45, 7) is 6.53. The first kappa shape index (κ1) is 21.0. The summed E-state index contributed by atoms with van der Waals surface area (Å²) in [6.07, 6.45) is 1.83. The minimum absolute atomic E-state index is 0.0335. The maximum absolute atomic E-state index is 13.9. The molecule has 0 fully saturated rings. The van der Waals surface area contributed by atoms with Crippen molar-refractivity contribution in [1.29, 1.82) is 0 Å². The average Bonchev–Trinajstić information content (AvgIpc) is 3.30. The van der Waals surface area contributed by atoms with Crippen LogP contribution in [0.4, 0.5) is 0 Å². The molecule has 0 radical (unpaired) electrons. The van der Waals surface area contributed by atoms with Crippen molar-refractivity contribution < 1.29 is 9.21 Å². The maximum Gasteiger partial charge on any atom is 0.197 e. The zero-order valence-corrected chi connectivity index (χ0v) is 19.1. The number of benzene rings is 4. The summed E-state index contributed by atoms with van der Waals surface area (Å²) < 4.78 is 6.25. The Labute approximate surface area is 194 Å². The topological polar surface area (TPSA) is 30.2 Å². The summed E-state index contributed by atoms with van der Waals surface area (Å²) in [4.78, 5) is 13.9. The quantitative estimate of drug-likeness (QED) is 0.268. The minimum atomic E-state index is -0.143. The van der Waals surface area contributed by atoms with Gasteiger partial charge in [0, 0.05) is 16.5 Å². The van der Waals surface area contributed by atoms with Gasteiger partial charge in [-0.3, -0.25) is 4.79 Å². The van der Waals surface area contributed by atoms with Crippen molar-refractivity contribution in [2.45, 2.75) is 26.2 Å². The molecule has 0 bridgehead atoms. The van der Waals surface area contributed by atoms with Gasteiger partial charge >= 0.3 is 0 Å². The van der Waals surface area contributed by atoms with Crippen molar-refractivity contribution in [2.24, 2.45) is 0 Å². The molecule has 5 rings (SSSR count). The van der Waals surface area contributed by atoms with Gasteiger partial charge in [-0.1, -0.05) is 112 Å².